The summed E-state index contributed by atoms with van der Waals surface area (Å²) in [4.78, 5) is 0. The number of nitrogens with zero attached hydrogens (tertiary/aromatic N) is 2. The molecule has 1 heterocycles. The average Bonchev–Trinajstić information content (AvgIpc) is 2.47. The predicted molar refractivity (Wildman–Crippen MR) is 57.8 cm³/mol. The van der Waals surface area contributed by atoms with Gasteiger partial charge in [-0.25, -0.2) is 4.39 Å². The molecule has 74 valence electrons. The summed E-state index contributed by atoms with van der Waals surface area (Å²) in [6.07, 6.45) is 1.86. The van der Waals surface area contributed by atoms with Crippen molar-refractivity contribution in [2.24, 2.45) is 0 Å². The zero-order valence-corrected chi connectivity index (χ0v) is 9.55. The summed E-state index contributed by atoms with van der Waals surface area (Å²) in [6, 6.07) is 3.55. The lowest BCUT2D eigenvalue weighted by atomic mass is 10.2. The minimum absolute atomic E-state index is 0.251. The maximum Gasteiger partial charge on any atom is 0.152 e. The molecule has 0 radical (unpaired) electrons. The zero-order chi connectivity index (χ0) is 10.3. The summed E-state index contributed by atoms with van der Waals surface area (Å²) >= 11 is 3.25. The molecule has 0 fully saturated rings. The monoisotopic (exact) mass is 256 g/mol. The maximum absolute atomic E-state index is 13.4. The van der Waals surface area contributed by atoms with Gasteiger partial charge in [0, 0.05) is 22.1 Å². The fraction of sp³-hybridized carbons (Fsp3) is 0.300. The van der Waals surface area contributed by atoms with Gasteiger partial charge in [0.25, 0.3) is 0 Å². The smallest absolute Gasteiger partial charge is 0.152 e. The first-order valence-corrected chi connectivity index (χ1v) is 5.21. The van der Waals surface area contributed by atoms with E-state index >= 15 is 0 Å². The molecule has 1 aromatic heterocycles. The van der Waals surface area contributed by atoms with Crippen molar-refractivity contribution in [1.82, 2.24) is 9.78 Å². The SMILES string of the molecule is CC(C)n1cc2cc(Br)cc(F)c2n1. The summed E-state index contributed by atoms with van der Waals surface area (Å²) < 4.78 is 15.9. The van der Waals surface area contributed by atoms with Gasteiger partial charge in [0.05, 0.1) is 0 Å². The first kappa shape index (κ1) is 9.65. The maximum atomic E-state index is 13.4. The van der Waals surface area contributed by atoms with Crippen molar-refractivity contribution in [2.75, 3.05) is 0 Å². The van der Waals surface area contributed by atoms with Crippen LogP contribution in [0.3, 0.4) is 0 Å². The van der Waals surface area contributed by atoms with Gasteiger partial charge in [0.15, 0.2) is 5.82 Å². The lowest BCUT2D eigenvalue weighted by Gasteiger charge is -2.02. The molecule has 0 saturated heterocycles. The van der Waals surface area contributed by atoms with E-state index < -0.39 is 0 Å². The van der Waals surface area contributed by atoms with Crippen LogP contribution in [0.25, 0.3) is 10.9 Å². The second-order valence-electron chi connectivity index (χ2n) is 3.53. The Morgan fingerprint density at radius 1 is 1.43 bits per heavy atom. The van der Waals surface area contributed by atoms with Crippen molar-refractivity contribution < 1.29 is 4.39 Å². The van der Waals surface area contributed by atoms with E-state index in [4.69, 9.17) is 0 Å². The van der Waals surface area contributed by atoms with E-state index in [2.05, 4.69) is 21.0 Å². The Morgan fingerprint density at radius 3 is 2.79 bits per heavy atom. The lowest BCUT2D eigenvalue weighted by molar-refractivity contribution is 0.533. The van der Waals surface area contributed by atoms with Gasteiger partial charge in [-0.15, -0.1) is 0 Å². The van der Waals surface area contributed by atoms with Crippen molar-refractivity contribution in [2.45, 2.75) is 19.9 Å². The van der Waals surface area contributed by atoms with Crippen LogP contribution in [0.4, 0.5) is 4.39 Å². The fourth-order valence-electron chi connectivity index (χ4n) is 1.34. The van der Waals surface area contributed by atoms with Crippen LogP contribution in [0.15, 0.2) is 22.8 Å². The highest BCUT2D eigenvalue weighted by Gasteiger charge is 2.08. The highest BCUT2D eigenvalue weighted by atomic mass is 79.9. The van der Waals surface area contributed by atoms with Crippen molar-refractivity contribution in [3.8, 4) is 0 Å². The van der Waals surface area contributed by atoms with E-state index in [9.17, 15) is 4.39 Å². The second kappa shape index (κ2) is 3.35. The van der Waals surface area contributed by atoms with Gasteiger partial charge in [-0.05, 0) is 26.0 Å². The number of rotatable bonds is 1. The average molecular weight is 257 g/mol. The fourth-order valence-corrected chi connectivity index (χ4v) is 1.79. The third-order valence-electron chi connectivity index (χ3n) is 2.07. The molecule has 0 aliphatic rings. The largest absolute Gasteiger partial charge is 0.269 e. The van der Waals surface area contributed by atoms with Crippen LogP contribution < -0.4 is 0 Å². The summed E-state index contributed by atoms with van der Waals surface area (Å²) in [6.45, 7) is 4.03. The van der Waals surface area contributed by atoms with Crippen LogP contribution in [0.5, 0.6) is 0 Å². The first-order chi connectivity index (χ1) is 6.58. The molecule has 2 nitrogen and oxygen atoms in total. The molecule has 0 spiro atoms. The van der Waals surface area contributed by atoms with Crippen LogP contribution in [0.2, 0.25) is 0 Å². The van der Waals surface area contributed by atoms with E-state index in [1.165, 1.54) is 6.07 Å². The van der Waals surface area contributed by atoms with Crippen molar-refractivity contribution in [3.63, 3.8) is 0 Å². The molecule has 1 aromatic carbocycles. The molecule has 2 aromatic rings. The minimum Gasteiger partial charge on any atom is -0.269 e. The van der Waals surface area contributed by atoms with Crippen molar-refractivity contribution in [1.29, 1.82) is 0 Å². The number of benzene rings is 1. The van der Waals surface area contributed by atoms with Gasteiger partial charge in [-0.3, -0.25) is 4.68 Å². The molecule has 0 aliphatic heterocycles. The van der Waals surface area contributed by atoms with Crippen LogP contribution in [-0.4, -0.2) is 9.78 Å². The molecule has 0 saturated carbocycles. The van der Waals surface area contributed by atoms with E-state index in [0.29, 0.717) is 5.52 Å². The summed E-state index contributed by atoms with van der Waals surface area (Å²) in [5.74, 6) is -0.284. The Bertz CT molecular complexity index is 476. The molecule has 14 heavy (non-hydrogen) atoms. The summed E-state index contributed by atoms with van der Waals surface area (Å²) in [7, 11) is 0. The van der Waals surface area contributed by atoms with Crippen LogP contribution in [0, 0.1) is 5.82 Å². The van der Waals surface area contributed by atoms with Gasteiger partial charge >= 0.3 is 0 Å². The van der Waals surface area contributed by atoms with Crippen LogP contribution in [0.1, 0.15) is 19.9 Å². The Labute approximate surface area is 89.8 Å². The Morgan fingerprint density at radius 2 is 2.14 bits per heavy atom. The normalized spacial score (nSPS) is 11.5. The quantitative estimate of drug-likeness (QED) is 0.764. The second-order valence-corrected chi connectivity index (χ2v) is 4.44. The third-order valence-corrected chi connectivity index (χ3v) is 2.53. The summed E-state index contributed by atoms with van der Waals surface area (Å²) in [5.41, 5.74) is 0.432. The molecule has 2 rings (SSSR count). The van der Waals surface area contributed by atoms with Gasteiger partial charge in [-0.2, -0.15) is 5.10 Å². The highest BCUT2D eigenvalue weighted by Crippen LogP contribution is 2.23. The number of fused-ring (bicyclic) bond motifs is 1. The van der Waals surface area contributed by atoms with Crippen molar-refractivity contribution in [3.05, 3.63) is 28.6 Å². The van der Waals surface area contributed by atoms with E-state index in [1.807, 2.05) is 26.1 Å². The molecule has 0 bridgehead atoms. The zero-order valence-electron chi connectivity index (χ0n) is 7.96. The van der Waals surface area contributed by atoms with Gasteiger partial charge < -0.3 is 0 Å². The van der Waals surface area contributed by atoms with E-state index in [-0.39, 0.29) is 11.9 Å². The number of hydrogen-bond acceptors (Lipinski definition) is 1. The minimum atomic E-state index is -0.284. The molecular formula is C10H10BrFN2. The molecule has 0 N–H and O–H groups in total. The molecule has 0 unspecified atom stereocenters. The Hall–Kier alpha value is -0.900. The van der Waals surface area contributed by atoms with Crippen LogP contribution >= 0.6 is 15.9 Å². The Kier molecular flexibility index (Phi) is 2.31. The molecule has 0 amide bonds. The number of aromatic nitrogens is 2. The first-order valence-electron chi connectivity index (χ1n) is 4.42. The molecular weight excluding hydrogens is 247 g/mol. The van der Waals surface area contributed by atoms with Crippen LogP contribution in [-0.2, 0) is 0 Å². The lowest BCUT2D eigenvalue weighted by Crippen LogP contribution is -2.00. The predicted octanol–water partition coefficient (Wildman–Crippen LogP) is 3.52. The molecule has 0 aliphatic carbocycles. The van der Waals surface area contributed by atoms with E-state index in [1.54, 1.807) is 4.68 Å². The van der Waals surface area contributed by atoms with Crippen molar-refractivity contribution >= 4 is 26.8 Å². The molecule has 4 heteroatoms. The van der Waals surface area contributed by atoms with Gasteiger partial charge in [0.2, 0.25) is 0 Å². The van der Waals surface area contributed by atoms with Gasteiger partial charge in [-0.1, -0.05) is 15.9 Å². The Balaban J connectivity index is 2.70. The van der Waals surface area contributed by atoms with Gasteiger partial charge in [0.1, 0.15) is 5.52 Å². The molecule has 0 atom stereocenters. The van der Waals surface area contributed by atoms with E-state index in [0.717, 1.165) is 9.86 Å². The highest BCUT2D eigenvalue weighted by molar-refractivity contribution is 9.10. The topological polar surface area (TPSA) is 17.8 Å². The summed E-state index contributed by atoms with van der Waals surface area (Å²) in [5, 5.41) is 5.00. The standard InChI is InChI=1S/C10H10BrFN2/c1-6(2)14-5-7-3-8(11)4-9(12)10(7)13-14/h3-6H,1-2H3. The number of hydrogen-bond donors (Lipinski definition) is 0. The third kappa shape index (κ3) is 1.54. The number of halogens is 2.